The van der Waals surface area contributed by atoms with Crippen molar-refractivity contribution in [1.82, 2.24) is 0 Å². The smallest absolute Gasteiger partial charge is 0.405 e. The van der Waals surface area contributed by atoms with Gasteiger partial charge in [0, 0.05) is 34.6 Å². The predicted octanol–water partition coefficient (Wildman–Crippen LogP) is 0.828. The third kappa shape index (κ3) is 9.50. The molecule has 16 nitrogen and oxygen atoms in total. The third-order valence-electron chi connectivity index (χ3n) is 7.45. The van der Waals surface area contributed by atoms with E-state index < -0.39 is 104 Å². The molecule has 1 aliphatic carbocycles. The molecule has 0 spiro atoms. The number of esters is 5. The summed E-state index contributed by atoms with van der Waals surface area (Å²) in [6.07, 6.45) is -10.2. The second kappa shape index (κ2) is 15.5. The van der Waals surface area contributed by atoms with Gasteiger partial charge in [-0.3, -0.25) is 24.0 Å². The lowest BCUT2D eigenvalue weighted by Gasteiger charge is -2.49. The van der Waals surface area contributed by atoms with E-state index in [0.717, 1.165) is 40.0 Å². The molecule has 44 heavy (non-hydrogen) atoms. The van der Waals surface area contributed by atoms with Crippen LogP contribution in [0.5, 0.6) is 0 Å². The number of carbonyl (C=O) groups is 6. The predicted molar refractivity (Wildman–Crippen MR) is 143 cm³/mol. The Labute approximate surface area is 254 Å². The van der Waals surface area contributed by atoms with E-state index in [0.29, 0.717) is 12.3 Å². The van der Waals surface area contributed by atoms with E-state index in [1.54, 1.807) is 6.92 Å². The molecule has 0 aromatic rings. The Morgan fingerprint density at radius 2 is 1.14 bits per heavy atom. The van der Waals surface area contributed by atoms with Gasteiger partial charge >= 0.3 is 35.9 Å². The number of ether oxygens (including phenoxy) is 9. The lowest BCUT2D eigenvalue weighted by molar-refractivity contribution is -0.341. The minimum atomic E-state index is -1.60. The van der Waals surface area contributed by atoms with Gasteiger partial charge in [-0.2, -0.15) is 0 Å². The van der Waals surface area contributed by atoms with Crippen molar-refractivity contribution >= 4 is 35.9 Å². The van der Waals surface area contributed by atoms with Crippen LogP contribution in [0.1, 0.15) is 67.2 Å². The van der Waals surface area contributed by atoms with Gasteiger partial charge in [0.25, 0.3) is 0 Å². The Morgan fingerprint density at radius 3 is 1.61 bits per heavy atom. The van der Waals surface area contributed by atoms with Gasteiger partial charge in [-0.15, -0.1) is 0 Å². The van der Waals surface area contributed by atoms with Gasteiger partial charge < -0.3 is 48.4 Å². The molecule has 2 N–H and O–H groups in total. The molecule has 1 saturated carbocycles. The third-order valence-corrected chi connectivity index (χ3v) is 7.45. The molecule has 3 rings (SSSR count). The molecule has 10 atom stereocenters. The summed E-state index contributed by atoms with van der Waals surface area (Å²) in [4.78, 5) is 72.2. The van der Waals surface area contributed by atoms with E-state index in [1.165, 1.54) is 13.8 Å². The number of amides is 1. The number of hydrogen-bond donors (Lipinski definition) is 1. The minimum Gasteiger partial charge on any atom is -0.463 e. The topological polar surface area (TPSA) is 212 Å². The highest BCUT2D eigenvalue weighted by molar-refractivity contribution is 5.69. The van der Waals surface area contributed by atoms with Crippen LogP contribution in [-0.2, 0) is 66.6 Å². The molecule has 2 heterocycles. The fraction of sp³-hybridized carbons (Fsp3) is 0.786. The molecule has 16 heteroatoms. The van der Waals surface area contributed by atoms with Crippen LogP contribution in [0.2, 0.25) is 0 Å². The molecule has 1 unspecified atom stereocenters. The van der Waals surface area contributed by atoms with Crippen LogP contribution in [0.4, 0.5) is 4.79 Å². The van der Waals surface area contributed by atoms with Crippen molar-refractivity contribution in [3.8, 4) is 0 Å². The molecule has 2 aliphatic heterocycles. The second-order valence-electron chi connectivity index (χ2n) is 11.1. The van der Waals surface area contributed by atoms with Gasteiger partial charge in [0.15, 0.2) is 36.8 Å². The summed E-state index contributed by atoms with van der Waals surface area (Å²) in [6.45, 7) is 6.81. The van der Waals surface area contributed by atoms with Crippen molar-refractivity contribution in [2.24, 2.45) is 11.7 Å². The van der Waals surface area contributed by atoms with E-state index in [2.05, 4.69) is 0 Å². The van der Waals surface area contributed by atoms with Crippen LogP contribution in [0.3, 0.4) is 0 Å². The molecule has 2 saturated heterocycles. The van der Waals surface area contributed by atoms with E-state index >= 15 is 0 Å². The SMILES string of the molecule is CC(=O)OC[C@H]1O[C@H](O[C@@H]2C(C)O[C@@H](CC3CCC3)[C@@H](OC(C)=O)[C@@H]2OC(C)=O)[C@@H](OC(C)=O)[C@@H](OC(C)=O)[C@@H]1OC(N)=O. The summed E-state index contributed by atoms with van der Waals surface area (Å²) in [7, 11) is 0. The zero-order valence-corrected chi connectivity index (χ0v) is 25.6. The summed E-state index contributed by atoms with van der Waals surface area (Å²) in [5.41, 5.74) is 5.25. The molecular formula is C28H41NO15. The molecule has 0 radical (unpaired) electrons. The van der Waals surface area contributed by atoms with Crippen molar-refractivity contribution in [2.75, 3.05) is 6.61 Å². The van der Waals surface area contributed by atoms with Gasteiger partial charge in [-0.25, -0.2) is 4.79 Å². The molecule has 0 aromatic heterocycles. The summed E-state index contributed by atoms with van der Waals surface area (Å²) < 4.78 is 50.9. The standard InChI is InChI=1S/C28H41NO15/c1-12-21(24(39-15(4)32)22(38-14(3)31)19(37-12)10-18-8-7-9-18)43-27-26(41-17(6)34)25(40-16(5)33)23(44-28(29)35)20(42-27)11-36-13(2)30/h12,18-27H,7-11H2,1-6H3,(H2,29,35)/t12?,19-,20+,21+,22+,23+,24+,25-,26-,27+/m0/s1. The van der Waals surface area contributed by atoms with Gasteiger partial charge in [0.1, 0.15) is 18.8 Å². The first kappa shape index (κ1) is 35.0. The van der Waals surface area contributed by atoms with Gasteiger partial charge in [0.05, 0.1) is 12.2 Å². The van der Waals surface area contributed by atoms with E-state index in [9.17, 15) is 28.8 Å². The van der Waals surface area contributed by atoms with Crippen LogP contribution < -0.4 is 5.73 Å². The average Bonchev–Trinajstić information content (AvgIpc) is 2.86. The first-order valence-corrected chi connectivity index (χ1v) is 14.4. The Balaban J connectivity index is 2.02. The minimum absolute atomic E-state index is 0.337. The lowest BCUT2D eigenvalue weighted by Crippen LogP contribution is -2.66. The van der Waals surface area contributed by atoms with Crippen molar-refractivity contribution in [2.45, 2.75) is 128 Å². The van der Waals surface area contributed by atoms with Gasteiger partial charge in [0.2, 0.25) is 0 Å². The summed E-state index contributed by atoms with van der Waals surface area (Å²) in [5.74, 6) is -3.40. The molecule has 0 aromatic carbocycles. The van der Waals surface area contributed by atoms with E-state index in [-0.39, 0.29) is 0 Å². The number of primary amides is 1. The fourth-order valence-electron chi connectivity index (χ4n) is 5.59. The van der Waals surface area contributed by atoms with Crippen LogP contribution in [0, 0.1) is 5.92 Å². The maximum Gasteiger partial charge on any atom is 0.405 e. The van der Waals surface area contributed by atoms with E-state index in [1.807, 2.05) is 0 Å². The largest absolute Gasteiger partial charge is 0.463 e. The number of hydrogen-bond acceptors (Lipinski definition) is 15. The molecule has 3 fully saturated rings. The summed E-state index contributed by atoms with van der Waals surface area (Å²) in [6, 6.07) is 0. The van der Waals surface area contributed by atoms with Crippen molar-refractivity contribution in [1.29, 1.82) is 0 Å². The zero-order valence-electron chi connectivity index (χ0n) is 25.6. The van der Waals surface area contributed by atoms with Crippen molar-refractivity contribution < 1.29 is 71.4 Å². The number of nitrogens with two attached hydrogens (primary N) is 1. The molecule has 248 valence electrons. The van der Waals surface area contributed by atoms with Crippen LogP contribution >= 0.6 is 0 Å². The first-order chi connectivity index (χ1) is 20.7. The number of carbonyl (C=O) groups excluding carboxylic acids is 6. The second-order valence-corrected chi connectivity index (χ2v) is 11.1. The molecule has 0 bridgehead atoms. The highest BCUT2D eigenvalue weighted by Crippen LogP contribution is 2.39. The quantitative estimate of drug-likeness (QED) is 0.247. The highest BCUT2D eigenvalue weighted by atomic mass is 16.8. The fourth-order valence-corrected chi connectivity index (χ4v) is 5.59. The average molecular weight is 632 g/mol. The number of rotatable bonds is 11. The first-order valence-electron chi connectivity index (χ1n) is 14.4. The highest BCUT2D eigenvalue weighted by Gasteiger charge is 2.56. The Morgan fingerprint density at radius 1 is 0.636 bits per heavy atom. The maximum atomic E-state index is 12.3. The van der Waals surface area contributed by atoms with Gasteiger partial charge in [-0.05, 0) is 19.3 Å². The van der Waals surface area contributed by atoms with E-state index in [4.69, 9.17) is 48.4 Å². The van der Waals surface area contributed by atoms with Gasteiger partial charge in [-0.1, -0.05) is 19.3 Å². The van der Waals surface area contributed by atoms with Crippen LogP contribution in [0.25, 0.3) is 0 Å². The van der Waals surface area contributed by atoms with Crippen molar-refractivity contribution in [3.63, 3.8) is 0 Å². The Kier molecular flexibility index (Phi) is 12.3. The Bertz CT molecular complexity index is 1080. The van der Waals surface area contributed by atoms with Crippen LogP contribution in [-0.4, -0.2) is 104 Å². The monoisotopic (exact) mass is 631 g/mol. The molecular weight excluding hydrogens is 590 g/mol. The lowest BCUT2D eigenvalue weighted by atomic mass is 9.79. The zero-order chi connectivity index (χ0) is 32.7. The van der Waals surface area contributed by atoms with Crippen molar-refractivity contribution in [3.05, 3.63) is 0 Å². The molecule has 3 aliphatic rings. The normalized spacial score (nSPS) is 33.6. The Hall–Kier alpha value is -3.50. The van der Waals surface area contributed by atoms with Crippen LogP contribution in [0.15, 0.2) is 0 Å². The summed E-state index contributed by atoms with van der Waals surface area (Å²) >= 11 is 0. The molecule has 1 amide bonds. The maximum absolute atomic E-state index is 12.3. The summed E-state index contributed by atoms with van der Waals surface area (Å²) in [5, 5.41) is 0.